The van der Waals surface area contributed by atoms with Crippen LogP contribution in [0.2, 0.25) is 0 Å². The molecule has 0 radical (unpaired) electrons. The minimum atomic E-state index is -0.641. The van der Waals surface area contributed by atoms with E-state index in [1.807, 2.05) is 30.3 Å². The van der Waals surface area contributed by atoms with E-state index in [0.29, 0.717) is 17.9 Å². The Kier molecular flexibility index (Phi) is 7.18. The molecule has 23 heavy (non-hydrogen) atoms. The summed E-state index contributed by atoms with van der Waals surface area (Å²) in [6, 6.07) is 12.2. The molecule has 1 aromatic heterocycles. The first-order valence-corrected chi connectivity index (χ1v) is 6.88. The zero-order valence-electron chi connectivity index (χ0n) is 12.7. The quantitative estimate of drug-likeness (QED) is 0.778. The van der Waals surface area contributed by atoms with Crippen LogP contribution in [0.25, 0.3) is 0 Å². The van der Waals surface area contributed by atoms with Crippen molar-refractivity contribution >= 4 is 35.7 Å². The Morgan fingerprint density at radius 3 is 2.39 bits per heavy atom. The maximum absolute atomic E-state index is 12.0. The molecule has 2 amide bonds. The van der Waals surface area contributed by atoms with Crippen molar-refractivity contribution in [1.82, 2.24) is 4.98 Å². The monoisotopic (exact) mass is 334 g/mol. The van der Waals surface area contributed by atoms with Gasteiger partial charge in [0, 0.05) is 6.92 Å². The first kappa shape index (κ1) is 18.6. The van der Waals surface area contributed by atoms with Crippen molar-refractivity contribution in [3.8, 4) is 0 Å². The van der Waals surface area contributed by atoms with E-state index in [0.717, 1.165) is 5.56 Å². The topological polar surface area (TPSA) is 97.1 Å². The van der Waals surface area contributed by atoms with Crippen LogP contribution in [0.4, 0.5) is 11.5 Å². The zero-order chi connectivity index (χ0) is 15.9. The van der Waals surface area contributed by atoms with E-state index in [9.17, 15) is 9.59 Å². The number of hydrogen-bond acceptors (Lipinski definition) is 4. The van der Waals surface area contributed by atoms with Crippen molar-refractivity contribution in [2.45, 2.75) is 19.4 Å². The summed E-state index contributed by atoms with van der Waals surface area (Å²) < 4.78 is 0. The SMILES string of the molecule is CC(=O)Nc1ccc(NC(=O)[C@@H](N)Cc2ccccc2)cn1.Cl. The van der Waals surface area contributed by atoms with E-state index < -0.39 is 6.04 Å². The molecule has 6 nitrogen and oxygen atoms in total. The van der Waals surface area contributed by atoms with Crippen molar-refractivity contribution < 1.29 is 9.59 Å². The van der Waals surface area contributed by atoms with Gasteiger partial charge in [-0.3, -0.25) is 9.59 Å². The lowest BCUT2D eigenvalue weighted by Gasteiger charge is -2.12. The van der Waals surface area contributed by atoms with Gasteiger partial charge in [0.1, 0.15) is 5.82 Å². The number of rotatable bonds is 5. The van der Waals surface area contributed by atoms with Crippen LogP contribution in [0.15, 0.2) is 48.7 Å². The van der Waals surface area contributed by atoms with Gasteiger partial charge in [0.15, 0.2) is 0 Å². The highest BCUT2D eigenvalue weighted by molar-refractivity contribution is 5.95. The third-order valence-corrected chi connectivity index (χ3v) is 2.97. The van der Waals surface area contributed by atoms with Gasteiger partial charge in [-0.2, -0.15) is 0 Å². The predicted molar refractivity (Wildman–Crippen MR) is 92.5 cm³/mol. The van der Waals surface area contributed by atoms with E-state index in [2.05, 4.69) is 15.6 Å². The second-order valence-corrected chi connectivity index (χ2v) is 4.90. The van der Waals surface area contributed by atoms with Gasteiger partial charge in [-0.15, -0.1) is 12.4 Å². The molecule has 2 aromatic rings. The molecule has 0 aliphatic rings. The van der Waals surface area contributed by atoms with Crippen LogP contribution in [-0.2, 0) is 16.0 Å². The van der Waals surface area contributed by atoms with Crippen LogP contribution >= 0.6 is 12.4 Å². The van der Waals surface area contributed by atoms with Gasteiger partial charge in [-0.05, 0) is 24.1 Å². The number of aromatic nitrogens is 1. The number of benzene rings is 1. The first-order valence-electron chi connectivity index (χ1n) is 6.88. The van der Waals surface area contributed by atoms with Crippen LogP contribution in [0.3, 0.4) is 0 Å². The fourth-order valence-corrected chi connectivity index (χ4v) is 1.92. The van der Waals surface area contributed by atoms with E-state index in [-0.39, 0.29) is 24.2 Å². The molecule has 1 heterocycles. The second kappa shape index (κ2) is 8.87. The Morgan fingerprint density at radius 2 is 1.83 bits per heavy atom. The second-order valence-electron chi connectivity index (χ2n) is 4.90. The van der Waals surface area contributed by atoms with E-state index in [1.54, 1.807) is 12.1 Å². The number of halogens is 1. The van der Waals surface area contributed by atoms with Gasteiger partial charge in [-0.25, -0.2) is 4.98 Å². The molecule has 0 spiro atoms. The zero-order valence-corrected chi connectivity index (χ0v) is 13.5. The van der Waals surface area contributed by atoms with Gasteiger partial charge in [-0.1, -0.05) is 30.3 Å². The number of nitrogens with one attached hydrogen (secondary N) is 2. The highest BCUT2D eigenvalue weighted by Gasteiger charge is 2.14. The highest BCUT2D eigenvalue weighted by atomic mass is 35.5. The summed E-state index contributed by atoms with van der Waals surface area (Å²) in [6.07, 6.45) is 1.93. The van der Waals surface area contributed by atoms with Crippen molar-refractivity contribution in [3.63, 3.8) is 0 Å². The molecule has 1 aromatic carbocycles. The van der Waals surface area contributed by atoms with E-state index in [1.165, 1.54) is 13.1 Å². The molecule has 0 saturated carbocycles. The molecule has 0 saturated heterocycles. The van der Waals surface area contributed by atoms with E-state index >= 15 is 0 Å². The molecule has 0 bridgehead atoms. The van der Waals surface area contributed by atoms with Crippen molar-refractivity contribution in [1.29, 1.82) is 0 Å². The van der Waals surface area contributed by atoms with Crippen LogP contribution < -0.4 is 16.4 Å². The predicted octanol–water partition coefficient (Wildman–Crippen LogP) is 1.97. The van der Waals surface area contributed by atoms with Crippen molar-refractivity contribution in [3.05, 3.63) is 54.2 Å². The number of carbonyl (C=O) groups excluding carboxylic acids is 2. The molecule has 0 fully saturated rings. The van der Waals surface area contributed by atoms with Crippen LogP contribution in [-0.4, -0.2) is 22.8 Å². The van der Waals surface area contributed by atoms with E-state index in [4.69, 9.17) is 5.73 Å². The molecule has 1 atom stereocenters. The number of pyridine rings is 1. The van der Waals surface area contributed by atoms with Crippen molar-refractivity contribution in [2.24, 2.45) is 5.73 Å². The van der Waals surface area contributed by atoms with Crippen LogP contribution in [0.1, 0.15) is 12.5 Å². The normalized spacial score (nSPS) is 11.0. The fraction of sp³-hybridized carbons (Fsp3) is 0.188. The van der Waals surface area contributed by atoms with Gasteiger partial charge < -0.3 is 16.4 Å². The lowest BCUT2D eigenvalue weighted by atomic mass is 10.1. The minimum Gasteiger partial charge on any atom is -0.323 e. The third kappa shape index (κ3) is 6.06. The Labute approximate surface area is 140 Å². The molecule has 0 aliphatic carbocycles. The summed E-state index contributed by atoms with van der Waals surface area (Å²) in [5.74, 6) is -0.0498. The molecule has 4 N–H and O–H groups in total. The summed E-state index contributed by atoms with van der Waals surface area (Å²) >= 11 is 0. The number of nitrogens with two attached hydrogens (primary N) is 1. The summed E-state index contributed by atoms with van der Waals surface area (Å²) in [7, 11) is 0. The largest absolute Gasteiger partial charge is 0.323 e. The maximum Gasteiger partial charge on any atom is 0.241 e. The van der Waals surface area contributed by atoms with Gasteiger partial charge in [0.2, 0.25) is 11.8 Å². The Bertz CT molecular complexity index is 647. The average molecular weight is 335 g/mol. The third-order valence-electron chi connectivity index (χ3n) is 2.97. The molecular weight excluding hydrogens is 316 g/mol. The maximum atomic E-state index is 12.0. The Balaban J connectivity index is 0.00000264. The highest BCUT2D eigenvalue weighted by Crippen LogP contribution is 2.10. The summed E-state index contributed by atoms with van der Waals surface area (Å²) in [4.78, 5) is 27.0. The number of hydrogen-bond donors (Lipinski definition) is 3. The molecule has 122 valence electrons. The number of nitrogens with zero attached hydrogens (tertiary/aromatic N) is 1. The lowest BCUT2D eigenvalue weighted by molar-refractivity contribution is -0.117. The van der Waals surface area contributed by atoms with Gasteiger partial charge in [0.25, 0.3) is 0 Å². The molecular formula is C16H19ClN4O2. The number of anilines is 2. The summed E-state index contributed by atoms with van der Waals surface area (Å²) in [5.41, 5.74) is 7.44. The summed E-state index contributed by atoms with van der Waals surface area (Å²) in [6.45, 7) is 1.40. The molecule has 0 aliphatic heterocycles. The average Bonchev–Trinajstić information content (AvgIpc) is 2.49. The van der Waals surface area contributed by atoms with Crippen molar-refractivity contribution in [2.75, 3.05) is 10.6 Å². The van der Waals surface area contributed by atoms with Crippen LogP contribution in [0, 0.1) is 0 Å². The Morgan fingerprint density at radius 1 is 1.13 bits per heavy atom. The molecule has 2 rings (SSSR count). The lowest BCUT2D eigenvalue weighted by Crippen LogP contribution is -2.37. The Hall–Kier alpha value is -2.44. The minimum absolute atomic E-state index is 0. The fourth-order valence-electron chi connectivity index (χ4n) is 1.92. The molecule has 7 heteroatoms. The number of carbonyl (C=O) groups is 2. The smallest absolute Gasteiger partial charge is 0.241 e. The van der Waals surface area contributed by atoms with Gasteiger partial charge in [0.05, 0.1) is 17.9 Å². The van der Waals surface area contributed by atoms with Gasteiger partial charge >= 0.3 is 0 Å². The first-order chi connectivity index (χ1) is 10.5. The standard InChI is InChI=1S/C16H18N4O2.ClH/c1-11(21)19-15-8-7-13(10-18-15)20-16(22)14(17)9-12-5-3-2-4-6-12;/h2-8,10,14H,9,17H2,1H3,(H,20,22)(H,18,19,21);1H/t14-;/m0./s1. The molecule has 0 unspecified atom stereocenters. The summed E-state index contributed by atoms with van der Waals surface area (Å²) in [5, 5.41) is 5.26. The number of amides is 2. The van der Waals surface area contributed by atoms with Crippen LogP contribution in [0.5, 0.6) is 0 Å².